The van der Waals surface area contributed by atoms with Crippen molar-refractivity contribution in [2.75, 3.05) is 5.32 Å². The van der Waals surface area contributed by atoms with Gasteiger partial charge in [-0.1, -0.05) is 42.5 Å². The topological polar surface area (TPSA) is 203 Å². The fourth-order valence-corrected chi connectivity index (χ4v) is 5.62. The number of carbonyl (C=O) groups is 3. The smallest absolute Gasteiger partial charge is 0.325 e. The van der Waals surface area contributed by atoms with Gasteiger partial charge >= 0.3 is 5.97 Å². The lowest BCUT2D eigenvalue weighted by molar-refractivity contribution is -0.384. The molecule has 16 heteroatoms. The van der Waals surface area contributed by atoms with Crippen molar-refractivity contribution in [1.82, 2.24) is 25.1 Å². The number of fused-ring (bicyclic) bond motifs is 1. The Morgan fingerprint density at radius 2 is 1.75 bits per heavy atom. The number of aromatic nitrogens is 4. The molecular formula is C32H29N7O8S. The third kappa shape index (κ3) is 7.33. The van der Waals surface area contributed by atoms with E-state index in [1.165, 1.54) is 29.2 Å². The number of nitro groups is 1. The second-order valence-electron chi connectivity index (χ2n) is 10.8. The van der Waals surface area contributed by atoms with Gasteiger partial charge in [-0.15, -0.1) is 5.10 Å². The van der Waals surface area contributed by atoms with Crippen molar-refractivity contribution >= 4 is 51.0 Å². The Hall–Kier alpha value is -6.03. The van der Waals surface area contributed by atoms with Gasteiger partial charge in [-0.25, -0.2) is 4.68 Å². The van der Waals surface area contributed by atoms with E-state index in [-0.39, 0.29) is 45.8 Å². The fraction of sp³-hybridized carbons (Fsp3) is 0.188. The largest absolute Gasteiger partial charge is 0.506 e. The quantitative estimate of drug-likeness (QED) is 0.0841. The predicted molar refractivity (Wildman–Crippen MR) is 175 cm³/mol. The molecule has 0 radical (unpaired) electrons. The number of anilines is 1. The Kier molecular flexibility index (Phi) is 9.84. The highest BCUT2D eigenvalue weighted by molar-refractivity contribution is 8.13. The van der Waals surface area contributed by atoms with Crippen LogP contribution in [-0.4, -0.2) is 63.4 Å². The highest BCUT2D eigenvalue weighted by atomic mass is 32.2. The minimum Gasteiger partial charge on any atom is -0.506 e. The third-order valence-corrected chi connectivity index (χ3v) is 8.14. The molecule has 246 valence electrons. The molecule has 0 aliphatic heterocycles. The Bertz CT molecular complexity index is 2050. The second kappa shape index (κ2) is 14.2. The number of carboxylic acids is 1. The van der Waals surface area contributed by atoms with Crippen molar-refractivity contribution < 1.29 is 34.3 Å². The summed E-state index contributed by atoms with van der Waals surface area (Å²) < 4.78 is 7.31. The van der Waals surface area contributed by atoms with E-state index in [4.69, 9.17) is 9.84 Å². The molecule has 0 aliphatic carbocycles. The number of phenolic OH excluding ortho intramolecular Hbond substituents is 1. The number of aryl methyl sites for hydroxylation is 1. The average Bonchev–Trinajstić information content (AvgIpc) is 3.47. The maximum atomic E-state index is 13.5. The minimum atomic E-state index is -1.20. The molecule has 4 aromatic carbocycles. The van der Waals surface area contributed by atoms with E-state index in [9.17, 15) is 29.6 Å². The van der Waals surface area contributed by atoms with Crippen LogP contribution in [0.4, 0.5) is 16.2 Å². The summed E-state index contributed by atoms with van der Waals surface area (Å²) in [5.74, 6) is -1.71. The van der Waals surface area contributed by atoms with Crippen LogP contribution >= 0.6 is 11.8 Å². The van der Waals surface area contributed by atoms with Gasteiger partial charge in [-0.05, 0) is 55.0 Å². The zero-order valence-corrected chi connectivity index (χ0v) is 26.7. The number of carbonyl (C=O) groups excluding carboxylic acids is 2. The fourth-order valence-electron chi connectivity index (χ4n) is 4.78. The van der Waals surface area contributed by atoms with Gasteiger partial charge in [0.25, 0.3) is 16.8 Å². The number of benzene rings is 4. The number of amides is 2. The van der Waals surface area contributed by atoms with E-state index < -0.39 is 34.6 Å². The molecule has 0 saturated heterocycles. The summed E-state index contributed by atoms with van der Waals surface area (Å²) in [7, 11) is 0. The zero-order chi connectivity index (χ0) is 34.5. The number of hydrogen-bond acceptors (Lipinski definition) is 11. The highest BCUT2D eigenvalue weighted by Gasteiger charge is 2.26. The number of aromatic hydroxyl groups is 1. The lowest BCUT2D eigenvalue weighted by atomic mass is 10.0. The van der Waals surface area contributed by atoms with Gasteiger partial charge < -0.3 is 25.2 Å². The number of nitrogens with one attached hydrogen (secondary N) is 1. The zero-order valence-electron chi connectivity index (χ0n) is 25.9. The molecule has 48 heavy (non-hydrogen) atoms. The number of nitrogens with zero attached hydrogens (tertiary/aromatic N) is 6. The molecule has 0 bridgehead atoms. The summed E-state index contributed by atoms with van der Waals surface area (Å²) in [6, 6.07) is 18.8. The molecule has 0 atom stereocenters. The van der Waals surface area contributed by atoms with Crippen LogP contribution in [-0.2, 0) is 17.9 Å². The van der Waals surface area contributed by atoms with Gasteiger partial charge in [-0.2, -0.15) is 0 Å². The average molecular weight is 672 g/mol. The third-order valence-electron chi connectivity index (χ3n) is 7.25. The van der Waals surface area contributed by atoms with Gasteiger partial charge in [0.2, 0.25) is 5.16 Å². The highest BCUT2D eigenvalue weighted by Crippen LogP contribution is 2.40. The number of phenols is 1. The molecule has 0 fully saturated rings. The van der Waals surface area contributed by atoms with Crippen molar-refractivity contribution in [3.8, 4) is 17.2 Å². The Labute approximate surface area is 277 Å². The number of para-hydroxylation sites is 1. The van der Waals surface area contributed by atoms with Crippen molar-refractivity contribution in [2.45, 2.75) is 45.1 Å². The van der Waals surface area contributed by atoms with Crippen LogP contribution in [0.1, 0.15) is 35.3 Å². The van der Waals surface area contributed by atoms with Crippen LogP contribution in [0.15, 0.2) is 78.0 Å². The lowest BCUT2D eigenvalue weighted by Gasteiger charge is -2.27. The van der Waals surface area contributed by atoms with Crippen LogP contribution in [0.25, 0.3) is 10.8 Å². The normalized spacial score (nSPS) is 11.0. The summed E-state index contributed by atoms with van der Waals surface area (Å²) in [5.41, 5.74) is 1.33. The molecule has 0 saturated carbocycles. The molecule has 3 N–H and O–H groups in total. The Balaban J connectivity index is 1.52. The number of carboxylic acid groups (broad SMARTS) is 1. The van der Waals surface area contributed by atoms with Gasteiger partial charge in [0.1, 0.15) is 23.8 Å². The number of thioether (sulfide) groups is 1. The molecule has 0 aliphatic rings. The number of aliphatic carboxylic acids is 1. The minimum absolute atomic E-state index is 0.0457. The van der Waals surface area contributed by atoms with E-state index in [1.54, 1.807) is 50.2 Å². The number of rotatable bonds is 11. The molecule has 2 amide bonds. The second-order valence-corrected chi connectivity index (χ2v) is 11.8. The number of nitro benzene ring substituents is 1. The van der Waals surface area contributed by atoms with E-state index in [2.05, 4.69) is 20.8 Å². The first-order valence-electron chi connectivity index (χ1n) is 14.5. The van der Waals surface area contributed by atoms with Crippen LogP contribution in [0.5, 0.6) is 17.2 Å². The lowest BCUT2D eigenvalue weighted by Crippen LogP contribution is -2.34. The van der Waals surface area contributed by atoms with Crippen LogP contribution in [0, 0.1) is 17.0 Å². The SMILES string of the molecule is Cc1ccccc1NC(=O)c1cc(Oc2ccc([N+](=O)[O-])cc2CN(C(=O)Sc2nnnn2CC(=O)O)C(C)C)c2ccccc2c1O. The van der Waals surface area contributed by atoms with Crippen LogP contribution in [0.3, 0.4) is 0 Å². The molecular weight excluding hydrogens is 642 g/mol. The van der Waals surface area contributed by atoms with Crippen LogP contribution in [0.2, 0.25) is 0 Å². The Morgan fingerprint density at radius 1 is 1.04 bits per heavy atom. The van der Waals surface area contributed by atoms with Crippen molar-refractivity contribution in [3.05, 3.63) is 99.6 Å². The van der Waals surface area contributed by atoms with E-state index in [0.717, 1.165) is 10.2 Å². The Morgan fingerprint density at radius 3 is 2.44 bits per heavy atom. The van der Waals surface area contributed by atoms with E-state index in [1.807, 2.05) is 19.1 Å². The van der Waals surface area contributed by atoms with Crippen LogP contribution < -0.4 is 10.1 Å². The van der Waals surface area contributed by atoms with Crippen molar-refractivity contribution in [3.63, 3.8) is 0 Å². The monoisotopic (exact) mass is 671 g/mol. The van der Waals surface area contributed by atoms with Crippen molar-refractivity contribution in [1.29, 1.82) is 0 Å². The van der Waals surface area contributed by atoms with Gasteiger partial charge in [0, 0.05) is 52.0 Å². The number of non-ortho nitro benzene ring substituents is 1. The predicted octanol–water partition coefficient (Wildman–Crippen LogP) is 6.00. The summed E-state index contributed by atoms with van der Waals surface area (Å²) >= 11 is 0.609. The molecule has 1 aromatic heterocycles. The standard InChI is InChI=1S/C32H29N7O8S/c1-18(2)37(32(44)48-31-34-35-36-38(31)17-28(40)41)16-20-14-21(39(45)46)12-13-26(20)47-27-15-24(29(42)23-10-6-5-9-22(23)27)30(43)33-25-11-7-4-8-19(25)3/h4-15,18,42H,16-17H2,1-3H3,(H,33,43)(H,40,41). The maximum absolute atomic E-state index is 13.5. The maximum Gasteiger partial charge on any atom is 0.325 e. The molecule has 0 spiro atoms. The molecule has 5 aromatic rings. The molecule has 15 nitrogen and oxygen atoms in total. The summed E-state index contributed by atoms with van der Waals surface area (Å²) in [5, 5.41) is 45.9. The van der Waals surface area contributed by atoms with E-state index in [0.29, 0.717) is 28.2 Å². The number of ether oxygens (including phenoxy) is 1. The summed E-state index contributed by atoms with van der Waals surface area (Å²) in [6.45, 7) is 4.60. The first-order chi connectivity index (χ1) is 22.9. The summed E-state index contributed by atoms with van der Waals surface area (Å²) in [4.78, 5) is 50.7. The van der Waals surface area contributed by atoms with Crippen molar-refractivity contribution in [2.24, 2.45) is 0 Å². The number of hydrogen-bond donors (Lipinski definition) is 3. The first kappa shape index (κ1) is 33.3. The molecule has 1 heterocycles. The van der Waals surface area contributed by atoms with Gasteiger partial charge in [0.15, 0.2) is 0 Å². The van der Waals surface area contributed by atoms with E-state index >= 15 is 0 Å². The molecule has 0 unspecified atom stereocenters. The summed E-state index contributed by atoms with van der Waals surface area (Å²) in [6.07, 6.45) is 0. The number of tetrazole rings is 1. The van der Waals surface area contributed by atoms with Gasteiger partial charge in [-0.3, -0.25) is 24.5 Å². The molecule has 5 rings (SSSR count). The van der Waals surface area contributed by atoms with Gasteiger partial charge in [0.05, 0.1) is 17.0 Å². The first-order valence-corrected chi connectivity index (χ1v) is 15.3.